The fourth-order valence-corrected chi connectivity index (χ4v) is 4.48. The van der Waals surface area contributed by atoms with Crippen molar-refractivity contribution in [3.8, 4) is 17.2 Å². The molecule has 33 heavy (non-hydrogen) atoms. The summed E-state index contributed by atoms with van der Waals surface area (Å²) in [6.45, 7) is 10.3. The lowest BCUT2D eigenvalue weighted by Crippen LogP contribution is -2.36. The van der Waals surface area contributed by atoms with Gasteiger partial charge in [-0.3, -0.25) is 9.69 Å². The lowest BCUT2D eigenvalue weighted by Gasteiger charge is -2.23. The number of hydrogen-bond donors (Lipinski definition) is 0. The van der Waals surface area contributed by atoms with Gasteiger partial charge in [0.1, 0.15) is 0 Å². The quantitative estimate of drug-likeness (QED) is 0.392. The maximum Gasteiger partial charge on any atom is 0.260 e. The normalized spacial score (nSPS) is 11.1. The van der Waals surface area contributed by atoms with E-state index in [0.29, 0.717) is 60.9 Å². The van der Waals surface area contributed by atoms with Crippen molar-refractivity contribution in [3.05, 3.63) is 41.5 Å². The van der Waals surface area contributed by atoms with E-state index in [1.807, 2.05) is 51.9 Å². The zero-order valence-corrected chi connectivity index (χ0v) is 21.1. The van der Waals surface area contributed by atoms with E-state index in [2.05, 4.69) is 13.0 Å². The van der Waals surface area contributed by atoms with Crippen LogP contribution in [0.1, 0.15) is 36.7 Å². The molecule has 0 N–H and O–H groups in total. The first-order valence-corrected chi connectivity index (χ1v) is 12.1. The molecule has 3 rings (SSSR count). The molecule has 0 saturated heterocycles. The number of carbonyl (C=O) groups is 1. The second-order valence-corrected chi connectivity index (χ2v) is 8.84. The van der Waals surface area contributed by atoms with Crippen molar-refractivity contribution >= 4 is 32.6 Å². The Morgan fingerprint density at radius 2 is 1.58 bits per heavy atom. The Morgan fingerprint density at radius 3 is 2.15 bits per heavy atom. The largest absolute Gasteiger partial charge is 0.490 e. The van der Waals surface area contributed by atoms with E-state index in [4.69, 9.17) is 19.2 Å². The monoisotopic (exact) mass is 471 g/mol. The molecule has 0 unspecified atom stereocenters. The summed E-state index contributed by atoms with van der Waals surface area (Å²) in [6.07, 6.45) is 0. The van der Waals surface area contributed by atoms with Gasteiger partial charge >= 0.3 is 0 Å². The molecule has 0 atom stereocenters. The van der Waals surface area contributed by atoms with Crippen molar-refractivity contribution in [3.63, 3.8) is 0 Å². The van der Waals surface area contributed by atoms with Crippen molar-refractivity contribution in [2.24, 2.45) is 0 Å². The van der Waals surface area contributed by atoms with Crippen LogP contribution < -0.4 is 19.1 Å². The van der Waals surface area contributed by atoms with Crippen LogP contribution in [0.5, 0.6) is 17.2 Å². The highest BCUT2D eigenvalue weighted by Crippen LogP contribution is 2.40. The number of aryl methyl sites for hydroxylation is 1. The van der Waals surface area contributed by atoms with Gasteiger partial charge < -0.3 is 19.1 Å². The first-order valence-electron chi connectivity index (χ1n) is 11.3. The van der Waals surface area contributed by atoms with E-state index >= 15 is 0 Å². The van der Waals surface area contributed by atoms with Gasteiger partial charge in [-0.1, -0.05) is 17.4 Å². The van der Waals surface area contributed by atoms with Gasteiger partial charge in [0.05, 0.1) is 30.0 Å². The molecule has 1 amide bonds. The van der Waals surface area contributed by atoms with Crippen LogP contribution in [-0.4, -0.2) is 62.8 Å². The van der Waals surface area contributed by atoms with Crippen LogP contribution >= 0.6 is 11.3 Å². The molecular weight excluding hydrogens is 438 g/mol. The zero-order valence-electron chi connectivity index (χ0n) is 20.3. The van der Waals surface area contributed by atoms with Crippen LogP contribution in [0.25, 0.3) is 10.2 Å². The van der Waals surface area contributed by atoms with Gasteiger partial charge in [0, 0.05) is 18.7 Å². The molecule has 0 aliphatic rings. The van der Waals surface area contributed by atoms with E-state index in [0.717, 1.165) is 15.8 Å². The number of benzene rings is 2. The van der Waals surface area contributed by atoms with Gasteiger partial charge in [-0.25, -0.2) is 4.98 Å². The minimum Gasteiger partial charge on any atom is -0.490 e. The Labute approximate surface area is 199 Å². The summed E-state index contributed by atoms with van der Waals surface area (Å²) in [5.41, 5.74) is 2.53. The van der Waals surface area contributed by atoms with E-state index in [1.165, 1.54) is 11.3 Å². The third-order valence-corrected chi connectivity index (χ3v) is 5.98. The van der Waals surface area contributed by atoms with Crippen molar-refractivity contribution < 1.29 is 19.0 Å². The number of carbonyl (C=O) groups excluding carboxylic acids is 1. The Kier molecular flexibility index (Phi) is 8.52. The van der Waals surface area contributed by atoms with Crippen LogP contribution in [0, 0.1) is 6.92 Å². The maximum absolute atomic E-state index is 13.8. The van der Waals surface area contributed by atoms with E-state index < -0.39 is 0 Å². The van der Waals surface area contributed by atoms with E-state index in [9.17, 15) is 4.79 Å². The Hall–Kier alpha value is -2.84. The van der Waals surface area contributed by atoms with Gasteiger partial charge in [-0.05, 0) is 71.6 Å². The molecular formula is C25H33N3O4S. The number of fused-ring (bicyclic) bond motifs is 1. The van der Waals surface area contributed by atoms with Crippen molar-refractivity contribution in [1.82, 2.24) is 9.88 Å². The third-order valence-electron chi connectivity index (χ3n) is 4.94. The highest BCUT2D eigenvalue weighted by molar-refractivity contribution is 7.22. The van der Waals surface area contributed by atoms with Crippen LogP contribution in [0.15, 0.2) is 30.3 Å². The Balaban J connectivity index is 2.07. The molecule has 3 aromatic rings. The highest BCUT2D eigenvalue weighted by atomic mass is 32.1. The summed E-state index contributed by atoms with van der Waals surface area (Å²) >= 11 is 1.52. The summed E-state index contributed by atoms with van der Waals surface area (Å²) in [5.74, 6) is 1.37. The number of thiazole rings is 1. The number of anilines is 1. The number of nitrogens with zero attached hydrogens (tertiary/aromatic N) is 3. The van der Waals surface area contributed by atoms with Gasteiger partial charge in [0.25, 0.3) is 5.91 Å². The first-order chi connectivity index (χ1) is 15.9. The van der Waals surface area contributed by atoms with Gasteiger partial charge in [0.2, 0.25) is 5.75 Å². The summed E-state index contributed by atoms with van der Waals surface area (Å²) < 4.78 is 18.5. The summed E-state index contributed by atoms with van der Waals surface area (Å²) in [4.78, 5) is 22.4. The van der Waals surface area contributed by atoms with E-state index in [1.54, 1.807) is 17.0 Å². The Bertz CT molecular complexity index is 1070. The number of hydrogen-bond acceptors (Lipinski definition) is 7. The first kappa shape index (κ1) is 24.8. The maximum atomic E-state index is 13.8. The SMILES string of the molecule is CCOc1cc(C(=O)N(CCN(C)C)c2nc3ccc(C)cc3s2)cc(OCC)c1OCC. The van der Waals surface area contributed by atoms with Gasteiger partial charge in [0.15, 0.2) is 16.6 Å². The molecule has 0 spiro atoms. The average molecular weight is 472 g/mol. The molecule has 0 aliphatic heterocycles. The predicted octanol–water partition coefficient (Wildman–Crippen LogP) is 5.01. The number of ether oxygens (including phenoxy) is 3. The second-order valence-electron chi connectivity index (χ2n) is 7.83. The zero-order chi connectivity index (χ0) is 24.0. The van der Waals surface area contributed by atoms with Crippen LogP contribution in [-0.2, 0) is 0 Å². The molecule has 2 aromatic carbocycles. The van der Waals surface area contributed by atoms with Gasteiger partial charge in [-0.2, -0.15) is 0 Å². The molecule has 1 aromatic heterocycles. The minimum atomic E-state index is -0.155. The topological polar surface area (TPSA) is 64.1 Å². The highest BCUT2D eigenvalue weighted by Gasteiger charge is 2.25. The lowest BCUT2D eigenvalue weighted by atomic mass is 10.1. The number of likely N-dealkylation sites (N-methyl/N-ethyl adjacent to an activating group) is 1. The molecule has 0 fully saturated rings. The molecule has 0 saturated carbocycles. The summed E-state index contributed by atoms with van der Waals surface area (Å²) in [7, 11) is 3.98. The summed E-state index contributed by atoms with van der Waals surface area (Å²) in [6, 6.07) is 9.60. The predicted molar refractivity (Wildman–Crippen MR) is 135 cm³/mol. The number of amides is 1. The van der Waals surface area contributed by atoms with Crippen molar-refractivity contribution in [2.45, 2.75) is 27.7 Å². The fourth-order valence-electron chi connectivity index (χ4n) is 3.39. The number of aromatic nitrogens is 1. The summed E-state index contributed by atoms with van der Waals surface area (Å²) in [5, 5.41) is 0.673. The molecule has 0 aliphatic carbocycles. The van der Waals surface area contributed by atoms with Crippen LogP contribution in [0.4, 0.5) is 5.13 Å². The molecule has 7 nitrogen and oxygen atoms in total. The molecule has 8 heteroatoms. The van der Waals surface area contributed by atoms with Crippen molar-refractivity contribution in [1.29, 1.82) is 0 Å². The van der Waals surface area contributed by atoms with Crippen molar-refractivity contribution in [2.75, 3.05) is 51.9 Å². The average Bonchev–Trinajstić information content (AvgIpc) is 3.18. The molecule has 1 heterocycles. The van der Waals surface area contributed by atoms with Crippen LogP contribution in [0.3, 0.4) is 0 Å². The lowest BCUT2D eigenvalue weighted by molar-refractivity contribution is 0.0984. The third kappa shape index (κ3) is 5.94. The molecule has 178 valence electrons. The Morgan fingerprint density at radius 1 is 0.939 bits per heavy atom. The second kappa shape index (κ2) is 11.3. The molecule has 0 bridgehead atoms. The number of rotatable bonds is 11. The smallest absolute Gasteiger partial charge is 0.260 e. The minimum absolute atomic E-state index is 0.155. The van der Waals surface area contributed by atoms with Gasteiger partial charge in [-0.15, -0.1) is 0 Å². The van der Waals surface area contributed by atoms with Crippen LogP contribution in [0.2, 0.25) is 0 Å². The fraction of sp³-hybridized carbons (Fsp3) is 0.440. The molecule has 0 radical (unpaired) electrons. The van der Waals surface area contributed by atoms with E-state index in [-0.39, 0.29) is 5.91 Å². The standard InChI is InChI=1S/C25H33N3O4S/c1-7-30-20-15-18(16-21(31-8-2)23(20)32-9-3)24(29)28(13-12-27(5)6)25-26-19-11-10-17(4)14-22(19)33-25/h10-11,14-16H,7-9,12-13H2,1-6H3.